The van der Waals surface area contributed by atoms with Crippen LogP contribution in [0.1, 0.15) is 17.8 Å². The number of nitrogens with zero attached hydrogens (tertiary/aromatic N) is 2. The summed E-state index contributed by atoms with van der Waals surface area (Å²) in [5, 5.41) is 0. The van der Waals surface area contributed by atoms with Crippen LogP contribution in [0, 0.1) is 0 Å². The highest BCUT2D eigenvalue weighted by Crippen LogP contribution is 2.32. The van der Waals surface area contributed by atoms with Crippen LogP contribution < -0.4 is 5.73 Å². The Morgan fingerprint density at radius 2 is 2.17 bits per heavy atom. The first-order valence-corrected chi connectivity index (χ1v) is 7.59. The van der Waals surface area contributed by atoms with Crippen molar-refractivity contribution < 1.29 is 4.79 Å². The van der Waals surface area contributed by atoms with Gasteiger partial charge in [0.15, 0.2) is 0 Å². The SMILES string of the molecule is CC(N)C(c1ccc(Br)s1)N1CCN(C)C(=O)C1. The number of hydrogen-bond donors (Lipinski definition) is 1. The number of piperazine rings is 1. The standard InChI is InChI=1S/C12H18BrN3OS/c1-8(14)12(9-3-4-10(13)18-9)16-6-5-15(2)11(17)7-16/h3-4,8,12H,5-7,14H2,1-2H3. The van der Waals surface area contributed by atoms with Gasteiger partial charge in [-0.2, -0.15) is 0 Å². The molecule has 2 unspecified atom stereocenters. The van der Waals surface area contributed by atoms with Gasteiger partial charge in [-0.1, -0.05) is 0 Å². The Bertz CT molecular complexity index is 435. The van der Waals surface area contributed by atoms with Gasteiger partial charge in [-0.3, -0.25) is 9.69 Å². The number of halogens is 1. The molecule has 1 fully saturated rings. The van der Waals surface area contributed by atoms with Crippen molar-refractivity contribution in [2.45, 2.75) is 19.0 Å². The molecule has 1 amide bonds. The maximum absolute atomic E-state index is 11.8. The number of rotatable bonds is 3. The van der Waals surface area contributed by atoms with E-state index in [2.05, 4.69) is 26.9 Å². The summed E-state index contributed by atoms with van der Waals surface area (Å²) < 4.78 is 1.10. The van der Waals surface area contributed by atoms with Crippen molar-refractivity contribution in [1.29, 1.82) is 0 Å². The molecule has 6 heteroatoms. The Balaban J connectivity index is 2.18. The van der Waals surface area contributed by atoms with E-state index in [0.29, 0.717) is 6.54 Å². The van der Waals surface area contributed by atoms with Crippen LogP contribution in [0.3, 0.4) is 0 Å². The third-order valence-electron chi connectivity index (χ3n) is 3.26. The van der Waals surface area contributed by atoms with Crippen molar-refractivity contribution in [2.75, 3.05) is 26.7 Å². The predicted molar refractivity (Wildman–Crippen MR) is 77.6 cm³/mol. The average Bonchev–Trinajstić information content (AvgIpc) is 2.70. The van der Waals surface area contributed by atoms with Gasteiger partial charge < -0.3 is 10.6 Å². The van der Waals surface area contributed by atoms with Gasteiger partial charge in [0.25, 0.3) is 0 Å². The zero-order valence-corrected chi connectivity index (χ0v) is 13.0. The molecule has 1 aliphatic heterocycles. The Labute approximate surface area is 120 Å². The van der Waals surface area contributed by atoms with Crippen LogP contribution in [0.2, 0.25) is 0 Å². The first-order chi connectivity index (χ1) is 8.49. The molecule has 0 radical (unpaired) electrons. The molecule has 0 spiro atoms. The van der Waals surface area contributed by atoms with E-state index in [1.807, 2.05) is 20.0 Å². The molecule has 2 rings (SSSR count). The highest BCUT2D eigenvalue weighted by Gasteiger charge is 2.30. The number of carbonyl (C=O) groups is 1. The third-order valence-corrected chi connectivity index (χ3v) is 4.96. The van der Waals surface area contributed by atoms with E-state index in [0.717, 1.165) is 16.9 Å². The molecule has 0 bridgehead atoms. The summed E-state index contributed by atoms with van der Waals surface area (Å²) in [6, 6.07) is 4.25. The Morgan fingerprint density at radius 1 is 1.44 bits per heavy atom. The van der Waals surface area contributed by atoms with Gasteiger partial charge in [-0.25, -0.2) is 0 Å². The lowest BCUT2D eigenvalue weighted by Crippen LogP contribution is -2.52. The predicted octanol–water partition coefficient (Wildman–Crippen LogP) is 1.67. The first-order valence-electron chi connectivity index (χ1n) is 5.98. The van der Waals surface area contributed by atoms with Gasteiger partial charge in [0.2, 0.25) is 5.91 Å². The molecular weight excluding hydrogens is 314 g/mol. The largest absolute Gasteiger partial charge is 0.343 e. The average molecular weight is 332 g/mol. The summed E-state index contributed by atoms with van der Waals surface area (Å²) >= 11 is 5.17. The van der Waals surface area contributed by atoms with Crippen molar-refractivity contribution in [3.63, 3.8) is 0 Å². The molecule has 4 nitrogen and oxygen atoms in total. The summed E-state index contributed by atoms with van der Waals surface area (Å²) in [5.41, 5.74) is 6.11. The van der Waals surface area contributed by atoms with E-state index >= 15 is 0 Å². The van der Waals surface area contributed by atoms with Crippen molar-refractivity contribution >= 4 is 33.2 Å². The van der Waals surface area contributed by atoms with Gasteiger partial charge in [-0.15, -0.1) is 11.3 Å². The number of amides is 1. The Morgan fingerprint density at radius 3 is 2.67 bits per heavy atom. The molecule has 2 N–H and O–H groups in total. The van der Waals surface area contributed by atoms with Crippen LogP contribution in [0.25, 0.3) is 0 Å². The van der Waals surface area contributed by atoms with E-state index in [9.17, 15) is 4.79 Å². The highest BCUT2D eigenvalue weighted by molar-refractivity contribution is 9.11. The minimum absolute atomic E-state index is 0.00626. The number of likely N-dealkylation sites (N-methyl/N-ethyl adjacent to an activating group) is 1. The van der Waals surface area contributed by atoms with Gasteiger partial charge in [-0.05, 0) is 35.0 Å². The monoisotopic (exact) mass is 331 g/mol. The molecule has 0 aliphatic carbocycles. The van der Waals surface area contributed by atoms with E-state index in [1.165, 1.54) is 4.88 Å². The number of thiophene rings is 1. The van der Waals surface area contributed by atoms with E-state index in [4.69, 9.17) is 5.73 Å². The van der Waals surface area contributed by atoms with Gasteiger partial charge >= 0.3 is 0 Å². The molecule has 18 heavy (non-hydrogen) atoms. The second-order valence-corrected chi connectivity index (χ2v) is 7.23. The molecule has 1 aromatic heterocycles. The van der Waals surface area contributed by atoms with E-state index < -0.39 is 0 Å². The molecule has 2 heterocycles. The Hall–Kier alpha value is -0.430. The lowest BCUT2D eigenvalue weighted by Gasteiger charge is -2.38. The lowest BCUT2D eigenvalue weighted by atomic mass is 10.1. The summed E-state index contributed by atoms with van der Waals surface area (Å²) in [7, 11) is 1.85. The maximum Gasteiger partial charge on any atom is 0.236 e. The molecule has 1 saturated heterocycles. The Kier molecular flexibility index (Phi) is 4.42. The first kappa shape index (κ1) is 14.0. The van der Waals surface area contributed by atoms with Gasteiger partial charge in [0, 0.05) is 31.1 Å². The molecule has 2 atom stereocenters. The topological polar surface area (TPSA) is 49.6 Å². The summed E-state index contributed by atoms with van der Waals surface area (Å²) in [4.78, 5) is 17.0. The second-order valence-electron chi connectivity index (χ2n) is 4.73. The number of hydrogen-bond acceptors (Lipinski definition) is 4. The zero-order chi connectivity index (χ0) is 13.3. The normalized spacial score (nSPS) is 21.1. The number of nitrogens with two attached hydrogens (primary N) is 1. The van der Waals surface area contributed by atoms with Crippen LogP contribution in [0.4, 0.5) is 0 Å². The fourth-order valence-corrected chi connectivity index (χ4v) is 3.95. The summed E-state index contributed by atoms with van der Waals surface area (Å²) in [6.45, 7) is 4.11. The van der Waals surface area contributed by atoms with Crippen molar-refractivity contribution in [3.05, 3.63) is 20.8 Å². The smallest absolute Gasteiger partial charge is 0.236 e. The second kappa shape index (κ2) is 5.69. The summed E-state index contributed by atoms with van der Waals surface area (Å²) in [6.07, 6.45) is 0. The van der Waals surface area contributed by atoms with Crippen LogP contribution in [-0.2, 0) is 4.79 Å². The van der Waals surface area contributed by atoms with E-state index in [1.54, 1.807) is 16.2 Å². The molecule has 1 aliphatic rings. The fourth-order valence-electron chi connectivity index (χ4n) is 2.27. The third kappa shape index (κ3) is 2.93. The highest BCUT2D eigenvalue weighted by atomic mass is 79.9. The summed E-state index contributed by atoms with van der Waals surface area (Å²) in [5.74, 6) is 0.169. The minimum Gasteiger partial charge on any atom is -0.343 e. The molecule has 0 aromatic carbocycles. The number of carbonyl (C=O) groups excluding carboxylic acids is 1. The molecule has 1 aromatic rings. The molecule has 0 saturated carbocycles. The van der Waals surface area contributed by atoms with Crippen LogP contribution >= 0.6 is 27.3 Å². The zero-order valence-electron chi connectivity index (χ0n) is 10.6. The molecular formula is C12H18BrN3OS. The van der Waals surface area contributed by atoms with Crippen LogP contribution in [-0.4, -0.2) is 48.4 Å². The van der Waals surface area contributed by atoms with Crippen molar-refractivity contribution in [3.8, 4) is 0 Å². The fraction of sp³-hybridized carbons (Fsp3) is 0.583. The quantitative estimate of drug-likeness (QED) is 0.916. The van der Waals surface area contributed by atoms with E-state index in [-0.39, 0.29) is 18.0 Å². The van der Waals surface area contributed by atoms with Crippen LogP contribution in [0.15, 0.2) is 15.9 Å². The van der Waals surface area contributed by atoms with Gasteiger partial charge in [0.1, 0.15) is 0 Å². The van der Waals surface area contributed by atoms with Crippen molar-refractivity contribution in [2.24, 2.45) is 5.73 Å². The molecule has 100 valence electrons. The van der Waals surface area contributed by atoms with Crippen molar-refractivity contribution in [1.82, 2.24) is 9.80 Å². The van der Waals surface area contributed by atoms with Crippen LogP contribution in [0.5, 0.6) is 0 Å². The lowest BCUT2D eigenvalue weighted by molar-refractivity contribution is -0.135. The van der Waals surface area contributed by atoms with Gasteiger partial charge in [0.05, 0.1) is 16.4 Å². The maximum atomic E-state index is 11.8. The minimum atomic E-state index is 0.00626.